The standard InChI is InChI=1S/C24H22ClF3N4O2/c1-15-10-18(11-30-31-15)23(33)32-13-17(21(14-32)16-2-5-20(25)6-3-16)8-9-34-22-7-4-19(12-29-22)24(26,27)28/h2-7,10-12,17,21H,8-9,13-14H2,1H3/t17-,21+/m0/s1. The Morgan fingerprint density at radius 1 is 1.15 bits per heavy atom. The number of amides is 1. The third-order valence-corrected chi connectivity index (χ3v) is 6.10. The monoisotopic (exact) mass is 490 g/mol. The van der Waals surface area contributed by atoms with Crippen molar-refractivity contribution < 1.29 is 22.7 Å². The van der Waals surface area contributed by atoms with Crippen LogP contribution in [0.1, 0.15) is 39.5 Å². The summed E-state index contributed by atoms with van der Waals surface area (Å²) in [4.78, 5) is 18.6. The number of likely N-dealkylation sites (tertiary alicyclic amines) is 1. The molecule has 1 saturated heterocycles. The lowest BCUT2D eigenvalue weighted by Gasteiger charge is -2.18. The molecule has 0 saturated carbocycles. The lowest BCUT2D eigenvalue weighted by molar-refractivity contribution is -0.137. The first-order valence-corrected chi connectivity index (χ1v) is 11.1. The summed E-state index contributed by atoms with van der Waals surface area (Å²) in [6.45, 7) is 3.06. The molecule has 4 rings (SSSR count). The highest BCUT2D eigenvalue weighted by atomic mass is 35.5. The average Bonchev–Trinajstić information content (AvgIpc) is 3.23. The summed E-state index contributed by atoms with van der Waals surface area (Å²) in [5.41, 5.74) is 1.37. The van der Waals surface area contributed by atoms with Crippen molar-refractivity contribution in [1.29, 1.82) is 0 Å². The SMILES string of the molecule is Cc1cc(C(=O)N2C[C@H](CCOc3ccc(C(F)(F)F)cn3)[C@@H](c3ccc(Cl)cc3)C2)cnn1. The van der Waals surface area contributed by atoms with Gasteiger partial charge in [-0.2, -0.15) is 23.4 Å². The van der Waals surface area contributed by atoms with Crippen molar-refractivity contribution in [3.8, 4) is 5.88 Å². The van der Waals surface area contributed by atoms with Gasteiger partial charge in [-0.25, -0.2) is 4.98 Å². The smallest absolute Gasteiger partial charge is 0.417 e. The third-order valence-electron chi connectivity index (χ3n) is 5.85. The molecule has 6 nitrogen and oxygen atoms in total. The van der Waals surface area contributed by atoms with Crippen molar-refractivity contribution in [1.82, 2.24) is 20.1 Å². The van der Waals surface area contributed by atoms with E-state index in [4.69, 9.17) is 16.3 Å². The molecular weight excluding hydrogens is 469 g/mol. The van der Waals surface area contributed by atoms with E-state index in [0.717, 1.165) is 17.8 Å². The van der Waals surface area contributed by atoms with Gasteiger partial charge >= 0.3 is 6.18 Å². The number of hydrogen-bond donors (Lipinski definition) is 0. The molecular formula is C24H22ClF3N4O2. The van der Waals surface area contributed by atoms with Gasteiger partial charge in [-0.3, -0.25) is 4.79 Å². The van der Waals surface area contributed by atoms with Crippen LogP contribution in [-0.2, 0) is 6.18 Å². The minimum Gasteiger partial charge on any atom is -0.478 e. The highest BCUT2D eigenvalue weighted by Gasteiger charge is 2.36. The summed E-state index contributed by atoms with van der Waals surface area (Å²) in [7, 11) is 0. The van der Waals surface area contributed by atoms with E-state index in [0.29, 0.717) is 35.8 Å². The van der Waals surface area contributed by atoms with Crippen LogP contribution >= 0.6 is 11.6 Å². The zero-order valence-corrected chi connectivity index (χ0v) is 19.1. The Kier molecular flexibility index (Phi) is 7.02. The molecule has 1 amide bonds. The van der Waals surface area contributed by atoms with Gasteiger partial charge in [0.2, 0.25) is 5.88 Å². The molecule has 2 atom stereocenters. The Balaban J connectivity index is 1.45. The van der Waals surface area contributed by atoms with Gasteiger partial charge in [0, 0.05) is 36.3 Å². The third kappa shape index (κ3) is 5.64. The molecule has 1 aromatic carbocycles. The van der Waals surface area contributed by atoms with Gasteiger partial charge in [0.25, 0.3) is 5.91 Å². The van der Waals surface area contributed by atoms with Gasteiger partial charge in [0.05, 0.1) is 29.6 Å². The highest BCUT2D eigenvalue weighted by Crippen LogP contribution is 2.36. The minimum atomic E-state index is -4.44. The molecule has 0 spiro atoms. The first kappa shape index (κ1) is 23.9. The fraction of sp³-hybridized carbons (Fsp3) is 0.333. The average molecular weight is 491 g/mol. The van der Waals surface area contributed by atoms with E-state index < -0.39 is 11.7 Å². The summed E-state index contributed by atoms with van der Waals surface area (Å²) >= 11 is 6.04. The van der Waals surface area contributed by atoms with Crippen LogP contribution in [0.15, 0.2) is 54.9 Å². The number of aromatic nitrogens is 3. The van der Waals surface area contributed by atoms with Crippen molar-refractivity contribution in [2.75, 3.05) is 19.7 Å². The predicted molar refractivity (Wildman–Crippen MR) is 120 cm³/mol. The second-order valence-corrected chi connectivity index (χ2v) is 8.67. The molecule has 2 aromatic heterocycles. The zero-order valence-electron chi connectivity index (χ0n) is 18.3. The van der Waals surface area contributed by atoms with E-state index in [9.17, 15) is 18.0 Å². The Labute approximate surface area is 199 Å². The number of benzene rings is 1. The minimum absolute atomic E-state index is 0.0567. The van der Waals surface area contributed by atoms with Gasteiger partial charge in [0.15, 0.2) is 0 Å². The van der Waals surface area contributed by atoms with Crippen molar-refractivity contribution in [3.05, 3.63) is 82.3 Å². The number of aryl methyl sites for hydroxylation is 1. The zero-order chi connectivity index (χ0) is 24.3. The molecule has 0 N–H and O–H groups in total. The second kappa shape index (κ2) is 9.97. The van der Waals surface area contributed by atoms with E-state index in [1.54, 1.807) is 17.9 Å². The van der Waals surface area contributed by atoms with Gasteiger partial charge in [-0.15, -0.1) is 0 Å². The molecule has 1 aliphatic rings. The molecule has 34 heavy (non-hydrogen) atoms. The number of carbonyl (C=O) groups is 1. The summed E-state index contributed by atoms with van der Waals surface area (Å²) in [5.74, 6) is 0.141. The molecule has 1 fully saturated rings. The lowest BCUT2D eigenvalue weighted by atomic mass is 9.87. The lowest BCUT2D eigenvalue weighted by Crippen LogP contribution is -2.29. The molecule has 10 heteroatoms. The van der Waals surface area contributed by atoms with Gasteiger partial charge in [-0.1, -0.05) is 23.7 Å². The van der Waals surface area contributed by atoms with Crippen LogP contribution < -0.4 is 4.74 Å². The van der Waals surface area contributed by atoms with E-state index in [1.807, 2.05) is 24.3 Å². The van der Waals surface area contributed by atoms with Gasteiger partial charge in [-0.05, 0) is 49.1 Å². The molecule has 1 aliphatic heterocycles. The fourth-order valence-electron chi connectivity index (χ4n) is 4.14. The van der Waals surface area contributed by atoms with Crippen molar-refractivity contribution in [3.63, 3.8) is 0 Å². The van der Waals surface area contributed by atoms with Crippen LogP contribution in [0, 0.1) is 12.8 Å². The molecule has 0 bridgehead atoms. The maximum atomic E-state index is 13.1. The second-order valence-electron chi connectivity index (χ2n) is 8.23. The van der Waals surface area contributed by atoms with Crippen LogP contribution in [0.3, 0.4) is 0 Å². The van der Waals surface area contributed by atoms with Crippen LogP contribution in [0.4, 0.5) is 13.2 Å². The first-order chi connectivity index (χ1) is 16.2. The number of rotatable bonds is 6. The molecule has 178 valence electrons. The van der Waals surface area contributed by atoms with Crippen LogP contribution in [0.5, 0.6) is 5.88 Å². The van der Waals surface area contributed by atoms with Crippen molar-refractivity contribution in [2.24, 2.45) is 5.92 Å². The highest BCUT2D eigenvalue weighted by molar-refractivity contribution is 6.30. The summed E-state index contributed by atoms with van der Waals surface area (Å²) in [6, 6.07) is 11.4. The van der Waals surface area contributed by atoms with Gasteiger partial charge in [0.1, 0.15) is 0 Å². The number of hydrogen-bond acceptors (Lipinski definition) is 5. The van der Waals surface area contributed by atoms with Crippen molar-refractivity contribution >= 4 is 17.5 Å². The quantitative estimate of drug-likeness (QED) is 0.476. The van der Waals surface area contributed by atoms with E-state index in [1.165, 1.54) is 12.3 Å². The normalized spacial score (nSPS) is 18.2. The topological polar surface area (TPSA) is 68.2 Å². The first-order valence-electron chi connectivity index (χ1n) is 10.7. The maximum absolute atomic E-state index is 13.1. The number of halogens is 4. The van der Waals surface area contributed by atoms with Gasteiger partial charge < -0.3 is 9.64 Å². The number of ether oxygens (including phenoxy) is 1. The molecule has 3 heterocycles. The Morgan fingerprint density at radius 3 is 2.56 bits per heavy atom. The summed E-state index contributed by atoms with van der Waals surface area (Å²) in [6.07, 6.45) is -1.64. The molecule has 0 aliphatic carbocycles. The summed E-state index contributed by atoms with van der Waals surface area (Å²) in [5, 5.41) is 8.41. The van der Waals surface area contributed by atoms with E-state index >= 15 is 0 Å². The molecule has 0 unspecified atom stereocenters. The Hall–Kier alpha value is -3.20. The van der Waals surface area contributed by atoms with Crippen LogP contribution in [-0.4, -0.2) is 45.7 Å². The fourth-order valence-corrected chi connectivity index (χ4v) is 4.26. The van der Waals surface area contributed by atoms with Crippen LogP contribution in [0.25, 0.3) is 0 Å². The summed E-state index contributed by atoms with van der Waals surface area (Å²) < 4.78 is 43.8. The Bertz CT molecular complexity index is 1140. The van der Waals surface area contributed by atoms with E-state index in [-0.39, 0.29) is 30.2 Å². The number of nitrogens with zero attached hydrogens (tertiary/aromatic N) is 4. The molecule has 0 radical (unpaired) electrons. The number of alkyl halides is 3. The van der Waals surface area contributed by atoms with Crippen molar-refractivity contribution in [2.45, 2.75) is 25.4 Å². The maximum Gasteiger partial charge on any atom is 0.417 e. The predicted octanol–water partition coefficient (Wildman–Crippen LogP) is 5.18. The molecule has 3 aromatic rings. The van der Waals surface area contributed by atoms with E-state index in [2.05, 4.69) is 15.2 Å². The Morgan fingerprint density at radius 2 is 1.91 bits per heavy atom. The number of carbonyl (C=O) groups excluding carboxylic acids is 1. The van der Waals surface area contributed by atoms with Crippen LogP contribution in [0.2, 0.25) is 5.02 Å². The largest absolute Gasteiger partial charge is 0.478 e. The number of pyridine rings is 1.